The van der Waals surface area contributed by atoms with Crippen LogP contribution in [-0.2, 0) is 17.6 Å². The first-order valence-electron chi connectivity index (χ1n) is 10.2. The molecule has 1 unspecified atom stereocenters. The number of hydrogen-bond donors (Lipinski definition) is 2. The number of fused-ring (bicyclic) bond motifs is 1. The normalized spacial score (nSPS) is 14.3. The third-order valence-corrected chi connectivity index (χ3v) is 5.68. The lowest BCUT2D eigenvalue weighted by molar-refractivity contribution is -0.117. The molecule has 30 heavy (non-hydrogen) atoms. The van der Waals surface area contributed by atoms with Crippen molar-refractivity contribution in [3.63, 3.8) is 0 Å². The maximum absolute atomic E-state index is 12.7. The molecule has 0 radical (unpaired) electrons. The monoisotopic (exact) mass is 423 g/mol. The number of nitriles is 1. The SMILES string of the molecule is CCC(NC(=O)/C(C#N)=C\Nc1ccc(OC)c(Cl)c1)c1ccc2c(c1)CCCC2. The van der Waals surface area contributed by atoms with Crippen LogP contribution < -0.4 is 15.4 Å². The average molecular weight is 424 g/mol. The van der Waals surface area contributed by atoms with Crippen molar-refractivity contribution in [1.82, 2.24) is 5.32 Å². The number of methoxy groups -OCH3 is 1. The van der Waals surface area contributed by atoms with Crippen LogP contribution in [0.25, 0.3) is 0 Å². The molecule has 0 aliphatic heterocycles. The Labute approximate surface area is 182 Å². The van der Waals surface area contributed by atoms with Gasteiger partial charge in [-0.3, -0.25) is 4.79 Å². The first kappa shape index (κ1) is 21.7. The van der Waals surface area contributed by atoms with E-state index < -0.39 is 5.91 Å². The Hall–Kier alpha value is -2.97. The van der Waals surface area contributed by atoms with Gasteiger partial charge in [0.15, 0.2) is 0 Å². The number of nitrogens with one attached hydrogen (secondary N) is 2. The van der Waals surface area contributed by atoms with Gasteiger partial charge in [0.05, 0.1) is 18.2 Å². The zero-order valence-electron chi connectivity index (χ0n) is 17.3. The van der Waals surface area contributed by atoms with Crippen LogP contribution in [0.2, 0.25) is 5.02 Å². The van der Waals surface area contributed by atoms with Crippen molar-refractivity contribution in [2.45, 2.75) is 45.1 Å². The summed E-state index contributed by atoms with van der Waals surface area (Å²) in [5.74, 6) is 0.148. The second-order valence-corrected chi connectivity index (χ2v) is 7.74. The van der Waals surface area contributed by atoms with E-state index in [1.807, 2.05) is 13.0 Å². The molecule has 0 saturated heterocycles. The lowest BCUT2D eigenvalue weighted by atomic mass is 9.88. The van der Waals surface area contributed by atoms with Gasteiger partial charge >= 0.3 is 0 Å². The summed E-state index contributed by atoms with van der Waals surface area (Å²) in [6.45, 7) is 2.03. The van der Waals surface area contributed by atoms with Crippen LogP contribution in [0, 0.1) is 11.3 Å². The lowest BCUT2D eigenvalue weighted by Gasteiger charge is -2.21. The summed E-state index contributed by atoms with van der Waals surface area (Å²) in [5, 5.41) is 15.8. The molecule has 1 aliphatic rings. The van der Waals surface area contributed by atoms with Crippen LogP contribution in [0.1, 0.15) is 48.9 Å². The minimum Gasteiger partial charge on any atom is -0.495 e. The number of amides is 1. The van der Waals surface area contributed by atoms with Gasteiger partial charge in [-0.25, -0.2) is 0 Å². The van der Waals surface area contributed by atoms with Crippen molar-refractivity contribution in [3.8, 4) is 11.8 Å². The molecule has 0 fully saturated rings. The van der Waals surface area contributed by atoms with E-state index in [0.29, 0.717) is 16.5 Å². The summed E-state index contributed by atoms with van der Waals surface area (Å²) in [4.78, 5) is 12.7. The number of carbonyl (C=O) groups excluding carboxylic acids is 1. The number of ether oxygens (including phenoxy) is 1. The predicted octanol–water partition coefficient (Wildman–Crippen LogP) is 5.31. The molecule has 1 aliphatic carbocycles. The van der Waals surface area contributed by atoms with Gasteiger partial charge in [0.2, 0.25) is 0 Å². The number of rotatable bonds is 7. The minimum atomic E-state index is -0.408. The van der Waals surface area contributed by atoms with Crippen LogP contribution >= 0.6 is 11.6 Å². The number of carbonyl (C=O) groups is 1. The van der Waals surface area contributed by atoms with Gasteiger partial charge in [-0.15, -0.1) is 0 Å². The van der Waals surface area contributed by atoms with Gasteiger partial charge in [-0.2, -0.15) is 5.26 Å². The van der Waals surface area contributed by atoms with Crippen molar-refractivity contribution in [3.05, 3.63) is 69.9 Å². The van der Waals surface area contributed by atoms with Crippen molar-refractivity contribution >= 4 is 23.2 Å². The molecule has 3 rings (SSSR count). The second-order valence-electron chi connectivity index (χ2n) is 7.33. The quantitative estimate of drug-likeness (QED) is 0.467. The number of hydrogen-bond acceptors (Lipinski definition) is 4. The number of anilines is 1. The van der Waals surface area contributed by atoms with Crippen LogP contribution in [0.3, 0.4) is 0 Å². The molecular weight excluding hydrogens is 398 g/mol. The first-order valence-corrected chi connectivity index (χ1v) is 10.6. The molecule has 156 valence electrons. The number of nitrogens with zero attached hydrogens (tertiary/aromatic N) is 1. The van der Waals surface area contributed by atoms with Gasteiger partial charge in [0, 0.05) is 11.9 Å². The second kappa shape index (κ2) is 10.2. The Morgan fingerprint density at radius 3 is 2.67 bits per heavy atom. The summed E-state index contributed by atoms with van der Waals surface area (Å²) < 4.78 is 5.13. The Bertz CT molecular complexity index is 994. The highest BCUT2D eigenvalue weighted by Gasteiger charge is 2.18. The van der Waals surface area contributed by atoms with Crippen molar-refractivity contribution < 1.29 is 9.53 Å². The predicted molar refractivity (Wildman–Crippen MR) is 120 cm³/mol. The molecule has 0 saturated carbocycles. The smallest absolute Gasteiger partial charge is 0.263 e. The van der Waals surface area contributed by atoms with Gasteiger partial charge in [0.25, 0.3) is 5.91 Å². The van der Waals surface area contributed by atoms with Gasteiger partial charge in [-0.05, 0) is 67.0 Å². The van der Waals surface area contributed by atoms with E-state index in [-0.39, 0.29) is 11.6 Å². The summed E-state index contributed by atoms with van der Waals surface area (Å²) in [7, 11) is 1.54. The van der Waals surface area contributed by atoms with Crippen molar-refractivity contribution in [2.75, 3.05) is 12.4 Å². The van der Waals surface area contributed by atoms with Crippen molar-refractivity contribution in [2.24, 2.45) is 0 Å². The van der Waals surface area contributed by atoms with Gasteiger partial charge < -0.3 is 15.4 Å². The third kappa shape index (κ3) is 5.14. The molecule has 0 bridgehead atoms. The molecular formula is C24H26ClN3O2. The molecule has 5 nitrogen and oxygen atoms in total. The highest BCUT2D eigenvalue weighted by atomic mass is 35.5. The Morgan fingerprint density at radius 1 is 1.23 bits per heavy atom. The topological polar surface area (TPSA) is 74.2 Å². The van der Waals surface area contributed by atoms with E-state index in [9.17, 15) is 10.1 Å². The zero-order chi connectivity index (χ0) is 21.5. The molecule has 1 amide bonds. The Kier molecular flexibility index (Phi) is 7.37. The fraction of sp³-hybridized carbons (Fsp3) is 0.333. The summed E-state index contributed by atoms with van der Waals surface area (Å²) in [6, 6.07) is 13.4. The molecule has 0 spiro atoms. The summed E-state index contributed by atoms with van der Waals surface area (Å²) in [6.07, 6.45) is 6.80. The summed E-state index contributed by atoms with van der Waals surface area (Å²) in [5.41, 5.74) is 4.52. The Morgan fingerprint density at radius 2 is 2.00 bits per heavy atom. The third-order valence-electron chi connectivity index (χ3n) is 5.39. The summed E-state index contributed by atoms with van der Waals surface area (Å²) >= 11 is 6.12. The standard InChI is InChI=1S/C24H26ClN3O2/c1-3-22(18-9-8-16-6-4-5-7-17(16)12-18)28-24(29)19(14-26)15-27-20-10-11-23(30-2)21(25)13-20/h8-13,15,22,27H,3-7H2,1-2H3,(H,28,29)/b19-15-. The zero-order valence-corrected chi connectivity index (χ0v) is 18.1. The van der Waals surface area contributed by atoms with E-state index in [4.69, 9.17) is 16.3 Å². The number of halogens is 1. The maximum atomic E-state index is 12.7. The van der Waals surface area contributed by atoms with E-state index in [2.05, 4.69) is 28.8 Å². The fourth-order valence-corrected chi connectivity index (χ4v) is 3.95. The first-order chi connectivity index (χ1) is 14.5. The van der Waals surface area contributed by atoms with Gasteiger partial charge in [-0.1, -0.05) is 36.7 Å². The van der Waals surface area contributed by atoms with E-state index in [0.717, 1.165) is 24.8 Å². The highest BCUT2D eigenvalue weighted by molar-refractivity contribution is 6.32. The van der Waals surface area contributed by atoms with Crippen LogP contribution in [-0.4, -0.2) is 13.0 Å². The largest absolute Gasteiger partial charge is 0.495 e. The fourth-order valence-electron chi connectivity index (χ4n) is 3.69. The molecule has 1 atom stereocenters. The lowest BCUT2D eigenvalue weighted by Crippen LogP contribution is -2.29. The molecule has 2 aromatic carbocycles. The molecule has 2 N–H and O–H groups in total. The number of benzene rings is 2. The molecule has 6 heteroatoms. The maximum Gasteiger partial charge on any atom is 0.263 e. The van der Waals surface area contributed by atoms with Crippen LogP contribution in [0.15, 0.2) is 48.2 Å². The molecule has 0 aromatic heterocycles. The Balaban J connectivity index is 1.71. The van der Waals surface area contributed by atoms with E-state index >= 15 is 0 Å². The van der Waals surface area contributed by atoms with Crippen LogP contribution in [0.4, 0.5) is 5.69 Å². The van der Waals surface area contributed by atoms with E-state index in [1.165, 1.54) is 30.2 Å². The van der Waals surface area contributed by atoms with E-state index in [1.54, 1.807) is 25.3 Å². The van der Waals surface area contributed by atoms with Crippen molar-refractivity contribution in [1.29, 1.82) is 5.26 Å². The minimum absolute atomic E-state index is 0.00153. The van der Waals surface area contributed by atoms with Crippen LogP contribution in [0.5, 0.6) is 5.75 Å². The van der Waals surface area contributed by atoms with Gasteiger partial charge in [0.1, 0.15) is 17.4 Å². The number of aryl methyl sites for hydroxylation is 2. The molecule has 2 aromatic rings. The molecule has 0 heterocycles. The highest BCUT2D eigenvalue weighted by Crippen LogP contribution is 2.28. The average Bonchev–Trinajstić information content (AvgIpc) is 2.77.